The van der Waals surface area contributed by atoms with E-state index in [0.717, 1.165) is 0 Å². The second-order valence-corrected chi connectivity index (χ2v) is 6.86. The number of allylic oxidation sites excluding steroid dienone is 1. The van der Waals surface area contributed by atoms with E-state index in [0.29, 0.717) is 45.7 Å². The second kappa shape index (κ2) is 8.39. The molecule has 0 radical (unpaired) electrons. The smallest absolute Gasteiger partial charge is 0.255 e. The Morgan fingerprint density at radius 2 is 1.71 bits per heavy atom. The largest absolute Gasteiger partial charge is 0.496 e. The standard InChI is InChI=1S/C22H23N5O4/c1-13-19(21(28)26-14-8-6-5-7-9-14)20(27-22(25-13)23-12-24-27)15-10-17(30-3)18(31-4)11-16(15)29-2/h5-12,20H,1-4H3,(H,26,28)(H,23,24,25)/t20-/m1/s1. The van der Waals surface area contributed by atoms with Gasteiger partial charge >= 0.3 is 0 Å². The molecule has 1 aliphatic rings. The van der Waals surface area contributed by atoms with Crippen LogP contribution in [0.4, 0.5) is 11.6 Å². The molecule has 2 heterocycles. The number of carbonyl (C=O) groups excluding carboxylic acids is 1. The van der Waals surface area contributed by atoms with Gasteiger partial charge in [0.05, 0.1) is 26.9 Å². The van der Waals surface area contributed by atoms with Crippen LogP contribution in [-0.2, 0) is 4.79 Å². The molecule has 9 nitrogen and oxygen atoms in total. The third-order valence-electron chi connectivity index (χ3n) is 5.10. The third-order valence-corrected chi connectivity index (χ3v) is 5.10. The van der Waals surface area contributed by atoms with Crippen molar-refractivity contribution in [2.75, 3.05) is 32.0 Å². The van der Waals surface area contributed by atoms with Crippen LogP contribution in [0.1, 0.15) is 18.5 Å². The lowest BCUT2D eigenvalue weighted by atomic mass is 9.93. The molecule has 0 bridgehead atoms. The molecule has 1 atom stereocenters. The topological polar surface area (TPSA) is 99.5 Å². The number of ether oxygens (including phenoxy) is 3. The van der Waals surface area contributed by atoms with Crippen molar-refractivity contribution in [3.05, 3.63) is 65.6 Å². The zero-order valence-corrected chi connectivity index (χ0v) is 17.7. The molecule has 1 aliphatic heterocycles. The van der Waals surface area contributed by atoms with Gasteiger partial charge in [0, 0.05) is 23.0 Å². The number of hydrogen-bond acceptors (Lipinski definition) is 7. The first-order chi connectivity index (χ1) is 15.1. The van der Waals surface area contributed by atoms with E-state index in [9.17, 15) is 4.79 Å². The Balaban J connectivity index is 1.86. The highest BCUT2D eigenvalue weighted by atomic mass is 16.5. The van der Waals surface area contributed by atoms with Crippen LogP contribution in [0.5, 0.6) is 17.2 Å². The van der Waals surface area contributed by atoms with Crippen LogP contribution in [0.25, 0.3) is 0 Å². The van der Waals surface area contributed by atoms with E-state index in [2.05, 4.69) is 20.7 Å². The molecule has 0 spiro atoms. The van der Waals surface area contributed by atoms with Crippen molar-refractivity contribution in [2.24, 2.45) is 0 Å². The molecule has 0 saturated carbocycles. The number of benzene rings is 2. The molecule has 3 aromatic rings. The third kappa shape index (κ3) is 3.65. The summed E-state index contributed by atoms with van der Waals surface area (Å²) in [5.41, 5.74) is 2.52. The first kappa shape index (κ1) is 20.3. The van der Waals surface area contributed by atoms with Crippen molar-refractivity contribution in [1.29, 1.82) is 0 Å². The highest BCUT2D eigenvalue weighted by Crippen LogP contribution is 2.43. The number of anilines is 2. The highest BCUT2D eigenvalue weighted by molar-refractivity contribution is 6.06. The number of aromatic nitrogens is 3. The van der Waals surface area contributed by atoms with Gasteiger partial charge in [-0.2, -0.15) is 10.1 Å². The number of methoxy groups -OCH3 is 3. The van der Waals surface area contributed by atoms with Gasteiger partial charge < -0.3 is 24.8 Å². The summed E-state index contributed by atoms with van der Waals surface area (Å²) < 4.78 is 18.2. The summed E-state index contributed by atoms with van der Waals surface area (Å²) in [4.78, 5) is 17.7. The summed E-state index contributed by atoms with van der Waals surface area (Å²) >= 11 is 0. The molecule has 1 amide bonds. The number of rotatable bonds is 6. The fourth-order valence-corrected chi connectivity index (χ4v) is 3.66. The maximum Gasteiger partial charge on any atom is 0.255 e. The molecule has 2 N–H and O–H groups in total. The van der Waals surface area contributed by atoms with Crippen LogP contribution in [0.2, 0.25) is 0 Å². The van der Waals surface area contributed by atoms with Crippen LogP contribution in [-0.4, -0.2) is 42.0 Å². The Bertz CT molecular complexity index is 1140. The predicted molar refractivity (Wildman–Crippen MR) is 116 cm³/mol. The number of hydrogen-bond donors (Lipinski definition) is 2. The molecule has 1 aromatic heterocycles. The van der Waals surface area contributed by atoms with Gasteiger partial charge in [-0.3, -0.25) is 4.79 Å². The van der Waals surface area contributed by atoms with Gasteiger partial charge in [0.25, 0.3) is 5.91 Å². The molecular formula is C22H23N5O4. The molecule has 0 unspecified atom stereocenters. The van der Waals surface area contributed by atoms with E-state index in [1.54, 1.807) is 38.1 Å². The van der Waals surface area contributed by atoms with Crippen LogP contribution >= 0.6 is 0 Å². The first-order valence-electron chi connectivity index (χ1n) is 9.61. The van der Waals surface area contributed by atoms with Gasteiger partial charge in [0.15, 0.2) is 11.5 Å². The Labute approximate surface area is 179 Å². The Kier molecular flexibility index (Phi) is 5.48. The molecule has 0 saturated heterocycles. The lowest BCUT2D eigenvalue weighted by Crippen LogP contribution is -2.31. The molecule has 0 fully saturated rings. The minimum Gasteiger partial charge on any atom is -0.496 e. The van der Waals surface area contributed by atoms with Crippen LogP contribution < -0.4 is 24.8 Å². The van der Waals surface area contributed by atoms with E-state index in [1.807, 2.05) is 37.3 Å². The Morgan fingerprint density at radius 1 is 1.03 bits per heavy atom. The van der Waals surface area contributed by atoms with Crippen LogP contribution in [0, 0.1) is 0 Å². The number of para-hydroxylation sites is 1. The highest BCUT2D eigenvalue weighted by Gasteiger charge is 2.36. The molecule has 2 aromatic carbocycles. The molecule has 4 rings (SSSR count). The molecule has 9 heteroatoms. The molecule has 0 aliphatic carbocycles. The lowest BCUT2D eigenvalue weighted by molar-refractivity contribution is -0.113. The summed E-state index contributed by atoms with van der Waals surface area (Å²) in [5, 5.41) is 10.5. The fraction of sp³-hybridized carbons (Fsp3) is 0.227. The lowest BCUT2D eigenvalue weighted by Gasteiger charge is -2.30. The Hall–Kier alpha value is -4.01. The zero-order chi connectivity index (χ0) is 22.0. The van der Waals surface area contributed by atoms with E-state index in [1.165, 1.54) is 6.33 Å². The predicted octanol–water partition coefficient (Wildman–Crippen LogP) is 3.23. The van der Waals surface area contributed by atoms with Crippen LogP contribution in [0.15, 0.2) is 60.1 Å². The first-order valence-corrected chi connectivity index (χ1v) is 9.61. The SMILES string of the molecule is COc1cc(OC)c([C@@H]2C(C(=O)Nc3ccccc3)=C(C)Nc3ncnn32)cc1OC. The second-order valence-electron chi connectivity index (χ2n) is 6.86. The van der Waals surface area contributed by atoms with Gasteiger partial charge in [-0.1, -0.05) is 18.2 Å². The summed E-state index contributed by atoms with van der Waals surface area (Å²) in [7, 11) is 4.68. The normalized spacial score (nSPS) is 15.0. The summed E-state index contributed by atoms with van der Waals surface area (Å²) in [6, 6.07) is 12.2. The fourth-order valence-electron chi connectivity index (χ4n) is 3.66. The summed E-state index contributed by atoms with van der Waals surface area (Å²) in [5.74, 6) is 1.82. The quantitative estimate of drug-likeness (QED) is 0.630. The van der Waals surface area contributed by atoms with E-state index < -0.39 is 6.04 Å². The van der Waals surface area contributed by atoms with E-state index >= 15 is 0 Å². The van der Waals surface area contributed by atoms with E-state index in [-0.39, 0.29) is 5.91 Å². The maximum absolute atomic E-state index is 13.4. The van der Waals surface area contributed by atoms with Crippen molar-refractivity contribution in [3.63, 3.8) is 0 Å². The molecule has 31 heavy (non-hydrogen) atoms. The van der Waals surface area contributed by atoms with Crippen molar-refractivity contribution in [1.82, 2.24) is 14.8 Å². The Morgan fingerprint density at radius 3 is 2.39 bits per heavy atom. The maximum atomic E-state index is 13.4. The van der Waals surface area contributed by atoms with Gasteiger partial charge in [0.2, 0.25) is 5.95 Å². The van der Waals surface area contributed by atoms with Gasteiger partial charge in [-0.25, -0.2) is 4.68 Å². The number of nitrogens with zero attached hydrogens (tertiary/aromatic N) is 3. The van der Waals surface area contributed by atoms with Gasteiger partial charge in [0.1, 0.15) is 18.1 Å². The number of nitrogens with one attached hydrogen (secondary N) is 2. The summed E-state index contributed by atoms with van der Waals surface area (Å²) in [6.45, 7) is 1.83. The van der Waals surface area contributed by atoms with Gasteiger partial charge in [-0.05, 0) is 25.1 Å². The molecular weight excluding hydrogens is 398 g/mol. The van der Waals surface area contributed by atoms with Gasteiger partial charge in [-0.15, -0.1) is 0 Å². The number of fused-ring (bicyclic) bond motifs is 1. The van der Waals surface area contributed by atoms with Crippen molar-refractivity contribution >= 4 is 17.5 Å². The average molecular weight is 421 g/mol. The summed E-state index contributed by atoms with van der Waals surface area (Å²) in [6.07, 6.45) is 1.44. The van der Waals surface area contributed by atoms with Crippen molar-refractivity contribution < 1.29 is 19.0 Å². The number of amides is 1. The minimum atomic E-state index is -0.600. The minimum absolute atomic E-state index is 0.265. The monoisotopic (exact) mass is 421 g/mol. The average Bonchev–Trinajstić information content (AvgIpc) is 3.25. The number of carbonyl (C=O) groups is 1. The van der Waals surface area contributed by atoms with Crippen molar-refractivity contribution in [2.45, 2.75) is 13.0 Å². The van der Waals surface area contributed by atoms with Crippen LogP contribution in [0.3, 0.4) is 0 Å². The van der Waals surface area contributed by atoms with Crippen molar-refractivity contribution in [3.8, 4) is 17.2 Å². The zero-order valence-electron chi connectivity index (χ0n) is 17.7. The molecule has 160 valence electrons. The van der Waals surface area contributed by atoms with E-state index in [4.69, 9.17) is 14.2 Å².